The summed E-state index contributed by atoms with van der Waals surface area (Å²) < 4.78 is 12.3. The average molecular weight is 413 g/mol. The minimum absolute atomic E-state index is 0.0237. The summed E-state index contributed by atoms with van der Waals surface area (Å²) in [4.78, 5) is 29.6. The predicted octanol–water partition coefficient (Wildman–Crippen LogP) is 4.38. The third kappa shape index (κ3) is 4.98. The summed E-state index contributed by atoms with van der Waals surface area (Å²) in [5.41, 5.74) is 2.38. The van der Waals surface area contributed by atoms with Crippen molar-refractivity contribution in [1.29, 1.82) is 0 Å². The highest BCUT2D eigenvalue weighted by Crippen LogP contribution is 2.37. The van der Waals surface area contributed by atoms with E-state index in [0.717, 1.165) is 23.0 Å². The van der Waals surface area contributed by atoms with Crippen LogP contribution in [0.25, 0.3) is 11.0 Å². The van der Waals surface area contributed by atoms with E-state index in [1.165, 1.54) is 18.9 Å². The highest BCUT2D eigenvalue weighted by atomic mass is 32.2. The van der Waals surface area contributed by atoms with Gasteiger partial charge in [0.05, 0.1) is 24.2 Å². The van der Waals surface area contributed by atoms with Crippen LogP contribution in [0.4, 0.5) is 0 Å². The number of methoxy groups -OCH3 is 1. The molecular formula is C22H24N2O4S. The molecule has 3 rings (SSSR count). The Hall–Kier alpha value is -2.80. The molecule has 6 nitrogen and oxygen atoms in total. The molecule has 0 N–H and O–H groups in total. The number of imidazole rings is 1. The molecule has 0 fully saturated rings. The molecule has 3 aromatic rings. The fourth-order valence-electron chi connectivity index (χ4n) is 2.86. The van der Waals surface area contributed by atoms with Gasteiger partial charge in [0.25, 0.3) is 0 Å². The van der Waals surface area contributed by atoms with E-state index in [4.69, 9.17) is 9.47 Å². The van der Waals surface area contributed by atoms with Gasteiger partial charge in [0.1, 0.15) is 11.8 Å². The van der Waals surface area contributed by atoms with Crippen molar-refractivity contribution < 1.29 is 19.1 Å². The maximum Gasteiger partial charge on any atom is 0.326 e. The van der Waals surface area contributed by atoms with Crippen molar-refractivity contribution in [2.24, 2.45) is 0 Å². The van der Waals surface area contributed by atoms with Gasteiger partial charge in [0.2, 0.25) is 0 Å². The van der Waals surface area contributed by atoms with Crippen molar-refractivity contribution in [3.63, 3.8) is 0 Å². The second-order valence-corrected chi connectivity index (χ2v) is 7.68. The molecule has 0 radical (unpaired) electrons. The first-order chi connectivity index (χ1) is 14.0. The predicted molar refractivity (Wildman–Crippen MR) is 113 cm³/mol. The van der Waals surface area contributed by atoms with E-state index in [-0.39, 0.29) is 24.6 Å². The smallest absolute Gasteiger partial charge is 0.326 e. The van der Waals surface area contributed by atoms with Crippen LogP contribution in [0.2, 0.25) is 0 Å². The van der Waals surface area contributed by atoms with Crippen molar-refractivity contribution in [1.82, 2.24) is 9.55 Å². The zero-order chi connectivity index (χ0) is 20.8. The minimum Gasteiger partial charge on any atom is -0.468 e. The van der Waals surface area contributed by atoms with Gasteiger partial charge in [-0.1, -0.05) is 61.2 Å². The van der Waals surface area contributed by atoms with Gasteiger partial charge in [-0.2, -0.15) is 0 Å². The van der Waals surface area contributed by atoms with Crippen LogP contribution in [0.15, 0.2) is 59.8 Å². The Morgan fingerprint density at radius 2 is 1.79 bits per heavy atom. The molecule has 0 amide bonds. The van der Waals surface area contributed by atoms with Crippen LogP contribution in [-0.4, -0.2) is 34.7 Å². The molecule has 2 atom stereocenters. The molecule has 2 aromatic carbocycles. The third-order valence-corrected chi connectivity index (χ3v) is 5.78. The van der Waals surface area contributed by atoms with Crippen LogP contribution in [0.1, 0.15) is 31.1 Å². The Labute approximate surface area is 174 Å². The van der Waals surface area contributed by atoms with E-state index >= 15 is 0 Å². The van der Waals surface area contributed by atoms with Gasteiger partial charge < -0.3 is 14.0 Å². The lowest BCUT2D eigenvalue weighted by molar-refractivity contribution is -0.149. The molecule has 1 heterocycles. The maximum absolute atomic E-state index is 12.5. The Morgan fingerprint density at radius 3 is 2.48 bits per heavy atom. The monoisotopic (exact) mass is 412 g/mol. The number of hydrogen-bond acceptors (Lipinski definition) is 6. The molecule has 0 spiro atoms. The van der Waals surface area contributed by atoms with Gasteiger partial charge in [-0.05, 0) is 31.0 Å². The van der Waals surface area contributed by atoms with Gasteiger partial charge in [0.15, 0.2) is 5.16 Å². The molecule has 0 aliphatic heterocycles. The number of ether oxygens (including phenoxy) is 2. The summed E-state index contributed by atoms with van der Waals surface area (Å²) in [5, 5.41) is -0.0334. The van der Waals surface area contributed by atoms with E-state index in [9.17, 15) is 9.59 Å². The SMILES string of the molecule is CCC(C)OC(=O)Cn1c(SC(C(=O)OC)c2ccccc2)nc2ccccc21. The van der Waals surface area contributed by atoms with Crippen LogP contribution in [0.3, 0.4) is 0 Å². The summed E-state index contributed by atoms with van der Waals surface area (Å²) in [6.07, 6.45) is 0.594. The Bertz CT molecular complexity index is 987. The first-order valence-electron chi connectivity index (χ1n) is 9.47. The zero-order valence-corrected chi connectivity index (χ0v) is 17.5. The lowest BCUT2D eigenvalue weighted by atomic mass is 10.1. The molecule has 0 saturated carbocycles. The number of aromatic nitrogens is 2. The zero-order valence-electron chi connectivity index (χ0n) is 16.7. The van der Waals surface area contributed by atoms with Crippen molar-refractivity contribution >= 4 is 34.7 Å². The number of rotatable bonds is 8. The number of carbonyl (C=O) groups excluding carboxylic acids is 2. The first kappa shape index (κ1) is 20.9. The summed E-state index contributed by atoms with van der Waals surface area (Å²) in [7, 11) is 1.37. The van der Waals surface area contributed by atoms with Gasteiger partial charge in [0, 0.05) is 0 Å². The lowest BCUT2D eigenvalue weighted by Gasteiger charge is -2.16. The number of nitrogens with zero attached hydrogens (tertiary/aromatic N) is 2. The normalized spacial score (nSPS) is 13.1. The number of benzene rings is 2. The number of para-hydroxylation sites is 2. The van der Waals surface area contributed by atoms with Crippen molar-refractivity contribution in [2.75, 3.05) is 7.11 Å². The molecule has 29 heavy (non-hydrogen) atoms. The second kappa shape index (κ2) is 9.60. The van der Waals surface area contributed by atoms with Gasteiger partial charge in [-0.15, -0.1) is 0 Å². The molecule has 0 aliphatic carbocycles. The highest BCUT2D eigenvalue weighted by Gasteiger charge is 2.26. The lowest BCUT2D eigenvalue weighted by Crippen LogP contribution is -2.20. The molecule has 2 unspecified atom stereocenters. The molecular weight excluding hydrogens is 388 g/mol. The summed E-state index contributed by atoms with van der Waals surface area (Å²) in [5.74, 6) is -0.708. The minimum atomic E-state index is -0.595. The molecule has 0 bridgehead atoms. The Morgan fingerprint density at radius 1 is 1.10 bits per heavy atom. The van der Waals surface area contributed by atoms with Crippen molar-refractivity contribution in [3.8, 4) is 0 Å². The largest absolute Gasteiger partial charge is 0.468 e. The fourth-order valence-corrected chi connectivity index (χ4v) is 4.00. The van der Waals surface area contributed by atoms with E-state index in [2.05, 4.69) is 4.98 Å². The highest BCUT2D eigenvalue weighted by molar-refractivity contribution is 8.00. The van der Waals surface area contributed by atoms with Crippen LogP contribution in [-0.2, 0) is 25.6 Å². The average Bonchev–Trinajstić information content (AvgIpc) is 3.09. The summed E-state index contributed by atoms with van der Waals surface area (Å²) >= 11 is 1.26. The third-order valence-electron chi connectivity index (χ3n) is 4.56. The van der Waals surface area contributed by atoms with E-state index in [1.807, 2.05) is 68.4 Å². The van der Waals surface area contributed by atoms with Gasteiger partial charge in [-0.25, -0.2) is 4.98 Å². The van der Waals surface area contributed by atoms with Gasteiger partial charge in [-0.3, -0.25) is 9.59 Å². The summed E-state index contributed by atoms with van der Waals surface area (Å²) in [6, 6.07) is 16.9. The first-order valence-corrected chi connectivity index (χ1v) is 10.4. The molecule has 1 aromatic heterocycles. The number of fused-ring (bicyclic) bond motifs is 1. The number of esters is 2. The maximum atomic E-state index is 12.5. The fraction of sp³-hybridized carbons (Fsp3) is 0.318. The van der Waals surface area contributed by atoms with Crippen LogP contribution < -0.4 is 0 Å². The standard InChI is InChI=1S/C22H24N2O4S/c1-4-15(2)28-19(25)14-24-18-13-9-8-12-17(18)23-22(24)29-20(21(26)27-3)16-10-6-5-7-11-16/h5-13,15,20H,4,14H2,1-3H3. The quantitative estimate of drug-likeness (QED) is 0.404. The second-order valence-electron chi connectivity index (χ2n) is 6.61. The molecule has 7 heteroatoms. The van der Waals surface area contributed by atoms with Crippen LogP contribution in [0.5, 0.6) is 0 Å². The van der Waals surface area contributed by atoms with Gasteiger partial charge >= 0.3 is 11.9 Å². The molecule has 152 valence electrons. The van der Waals surface area contributed by atoms with E-state index in [1.54, 1.807) is 4.57 Å². The van der Waals surface area contributed by atoms with E-state index in [0.29, 0.717) is 5.16 Å². The molecule has 0 saturated heterocycles. The van der Waals surface area contributed by atoms with E-state index < -0.39 is 5.25 Å². The number of carbonyl (C=O) groups is 2. The summed E-state index contributed by atoms with van der Waals surface area (Å²) in [6.45, 7) is 3.85. The Kier molecular flexibility index (Phi) is 6.93. The number of thioether (sulfide) groups is 1. The Balaban J connectivity index is 1.97. The number of hydrogen-bond donors (Lipinski definition) is 0. The van der Waals surface area contributed by atoms with Crippen LogP contribution in [0, 0.1) is 0 Å². The van der Waals surface area contributed by atoms with Crippen LogP contribution >= 0.6 is 11.8 Å². The topological polar surface area (TPSA) is 70.4 Å². The van der Waals surface area contributed by atoms with Crippen molar-refractivity contribution in [3.05, 3.63) is 60.2 Å². The molecule has 0 aliphatic rings. The van der Waals surface area contributed by atoms with Crippen molar-refractivity contribution in [2.45, 2.75) is 43.3 Å².